The van der Waals surface area contributed by atoms with Crippen LogP contribution in [0.5, 0.6) is 5.75 Å². The first-order valence-corrected chi connectivity index (χ1v) is 12.9. The van der Waals surface area contributed by atoms with Gasteiger partial charge in [0.05, 0.1) is 22.0 Å². The Morgan fingerprint density at radius 2 is 2.09 bits per heavy atom. The maximum atomic E-state index is 11.9. The molecule has 0 spiro atoms. The van der Waals surface area contributed by atoms with Crippen molar-refractivity contribution in [2.24, 2.45) is 10.2 Å². The zero-order valence-electron chi connectivity index (χ0n) is 17.2. The highest BCUT2D eigenvalue weighted by Crippen LogP contribution is 2.43. The second-order valence-corrected chi connectivity index (χ2v) is 10.7. The molecule has 32 heavy (non-hydrogen) atoms. The lowest BCUT2D eigenvalue weighted by molar-refractivity contribution is -0.115. The second kappa shape index (κ2) is 8.61. The average molecular weight is 491 g/mol. The Morgan fingerprint density at radius 1 is 1.31 bits per heavy atom. The van der Waals surface area contributed by atoms with Crippen LogP contribution >= 0.6 is 22.2 Å². The Labute approximate surface area is 193 Å². The van der Waals surface area contributed by atoms with Gasteiger partial charge in [-0.3, -0.25) is 4.79 Å². The average Bonchev–Trinajstić information content (AvgIpc) is 3.16. The lowest BCUT2D eigenvalue weighted by Gasteiger charge is -2.13. The number of phenolic OH excluding ortho intramolecular Hbond substituents is 1. The van der Waals surface area contributed by atoms with Crippen molar-refractivity contribution < 1.29 is 18.3 Å². The number of benzene rings is 2. The highest BCUT2D eigenvalue weighted by atomic mass is 35.7. The summed E-state index contributed by atoms with van der Waals surface area (Å²) in [6.45, 7) is 3.61. The number of aryl methyl sites for hydroxylation is 2. The maximum Gasteiger partial charge on any atom is 0.257 e. The highest BCUT2D eigenvalue weighted by Gasteiger charge is 2.24. The number of aromatic nitrogens is 1. The number of azo groups is 1. The summed E-state index contributed by atoms with van der Waals surface area (Å²) in [6, 6.07) is 7.01. The Balaban J connectivity index is 1.83. The van der Waals surface area contributed by atoms with Crippen LogP contribution in [0.3, 0.4) is 0 Å². The number of phenols is 1. The summed E-state index contributed by atoms with van der Waals surface area (Å²) < 4.78 is 27.8. The molecule has 0 fully saturated rings. The number of rotatable bonds is 5. The van der Waals surface area contributed by atoms with Crippen LogP contribution in [0.25, 0.3) is 16.8 Å². The molecule has 0 radical (unpaired) electrons. The summed E-state index contributed by atoms with van der Waals surface area (Å²) in [5, 5.41) is 23.8. The van der Waals surface area contributed by atoms with Crippen LogP contribution in [0.15, 0.2) is 39.4 Å². The number of anilines is 1. The first kappa shape index (κ1) is 22.4. The van der Waals surface area contributed by atoms with Gasteiger partial charge in [-0.25, -0.2) is 8.42 Å². The Morgan fingerprint density at radius 3 is 2.81 bits per heavy atom. The molecule has 11 heteroatoms. The van der Waals surface area contributed by atoms with Gasteiger partial charge in [0.1, 0.15) is 5.75 Å². The van der Waals surface area contributed by atoms with E-state index in [0.29, 0.717) is 39.9 Å². The number of halogens is 1. The monoisotopic (exact) mass is 490 g/mol. The number of nitrogens with zero attached hydrogens (tertiary/aromatic N) is 3. The van der Waals surface area contributed by atoms with E-state index in [4.69, 9.17) is 10.7 Å². The van der Waals surface area contributed by atoms with E-state index in [1.807, 2.05) is 19.1 Å². The number of allylic oxidation sites excluding steroid dienone is 1. The van der Waals surface area contributed by atoms with E-state index in [-0.39, 0.29) is 28.7 Å². The molecule has 1 aliphatic carbocycles. The quantitative estimate of drug-likeness (QED) is 0.261. The molecule has 0 saturated carbocycles. The third-order valence-corrected chi connectivity index (χ3v) is 7.50. The molecule has 2 N–H and O–H groups in total. The van der Waals surface area contributed by atoms with Gasteiger partial charge in [0.15, 0.2) is 5.00 Å². The summed E-state index contributed by atoms with van der Waals surface area (Å²) in [5.41, 5.74) is 2.90. The molecule has 0 saturated heterocycles. The van der Waals surface area contributed by atoms with Gasteiger partial charge in [-0.2, -0.15) is 4.37 Å². The van der Waals surface area contributed by atoms with Crippen LogP contribution < -0.4 is 5.32 Å². The molecule has 166 valence electrons. The Bertz CT molecular complexity index is 1410. The van der Waals surface area contributed by atoms with Gasteiger partial charge >= 0.3 is 0 Å². The number of amides is 1. The lowest BCUT2D eigenvalue weighted by atomic mass is 10.0. The van der Waals surface area contributed by atoms with Crippen LogP contribution in [0.1, 0.15) is 36.6 Å². The SMILES string of the molecule is CCC(=O)Nc1cc(N=Nc2snc3c2C=C(S(=O)(=O)Cl)CC3)c2c(C)cccc2c1O. The molecule has 2 aromatic carbocycles. The zero-order chi connectivity index (χ0) is 23.0. The van der Waals surface area contributed by atoms with Gasteiger partial charge in [-0.15, -0.1) is 10.2 Å². The first-order valence-electron chi connectivity index (χ1n) is 9.79. The summed E-state index contributed by atoms with van der Waals surface area (Å²) in [6.07, 6.45) is 2.49. The smallest absolute Gasteiger partial charge is 0.257 e. The van der Waals surface area contributed by atoms with Crippen LogP contribution in [0.2, 0.25) is 0 Å². The number of hydrogen-bond donors (Lipinski definition) is 2. The molecule has 8 nitrogen and oxygen atoms in total. The van der Waals surface area contributed by atoms with Crippen LogP contribution in [0.4, 0.5) is 16.4 Å². The van der Waals surface area contributed by atoms with E-state index < -0.39 is 9.05 Å². The van der Waals surface area contributed by atoms with E-state index in [1.54, 1.807) is 19.1 Å². The second-order valence-electron chi connectivity index (χ2n) is 7.29. The molecule has 1 heterocycles. The van der Waals surface area contributed by atoms with Crippen LogP contribution in [-0.4, -0.2) is 23.8 Å². The van der Waals surface area contributed by atoms with Crippen molar-refractivity contribution in [3.8, 4) is 5.75 Å². The third-order valence-electron chi connectivity index (χ3n) is 5.17. The fraction of sp³-hybridized carbons (Fsp3) is 0.238. The highest BCUT2D eigenvalue weighted by molar-refractivity contribution is 8.16. The molecule has 4 rings (SSSR count). The molecular weight excluding hydrogens is 472 g/mol. The van der Waals surface area contributed by atoms with Crippen molar-refractivity contribution in [2.75, 3.05) is 5.32 Å². The van der Waals surface area contributed by atoms with Crippen molar-refractivity contribution in [2.45, 2.75) is 33.1 Å². The maximum absolute atomic E-state index is 11.9. The minimum Gasteiger partial charge on any atom is -0.505 e. The predicted octanol–water partition coefficient (Wildman–Crippen LogP) is 5.93. The molecule has 1 aliphatic rings. The fourth-order valence-corrected chi connectivity index (χ4v) is 5.23. The van der Waals surface area contributed by atoms with E-state index in [9.17, 15) is 18.3 Å². The lowest BCUT2D eigenvalue weighted by Crippen LogP contribution is -2.09. The van der Waals surface area contributed by atoms with Gasteiger partial charge in [-0.05, 0) is 49.0 Å². The first-order chi connectivity index (χ1) is 15.2. The molecule has 3 aromatic rings. The van der Waals surface area contributed by atoms with Crippen molar-refractivity contribution in [1.82, 2.24) is 4.37 Å². The van der Waals surface area contributed by atoms with E-state index in [0.717, 1.165) is 22.8 Å². The molecule has 1 aromatic heterocycles. The van der Waals surface area contributed by atoms with E-state index >= 15 is 0 Å². The standard InChI is InChI=1S/C21H19ClN4O4S2/c1-3-18(27)23-17-10-16(19-11(2)5-4-6-13(19)20(17)28)24-25-21-14-9-12(32(22,29)30)7-8-15(14)26-31-21/h4-6,9-10,28H,3,7-8H2,1-2H3,(H,23,27). The molecule has 0 bridgehead atoms. The zero-order valence-corrected chi connectivity index (χ0v) is 19.6. The fourth-order valence-electron chi connectivity index (χ4n) is 3.52. The summed E-state index contributed by atoms with van der Waals surface area (Å²) in [7, 11) is 1.69. The molecular formula is C21H19ClN4O4S2. The Hall–Kier alpha value is -2.82. The summed E-state index contributed by atoms with van der Waals surface area (Å²) >= 11 is 1.12. The molecule has 1 amide bonds. The number of hydrogen-bond acceptors (Lipinski definition) is 8. The van der Waals surface area contributed by atoms with Crippen molar-refractivity contribution in [3.63, 3.8) is 0 Å². The predicted molar refractivity (Wildman–Crippen MR) is 127 cm³/mol. The third kappa shape index (κ3) is 4.25. The Kier molecular flexibility index (Phi) is 6.02. The number of carbonyl (C=O) groups excluding carboxylic acids is 1. The van der Waals surface area contributed by atoms with Gasteiger partial charge in [0.2, 0.25) is 5.91 Å². The van der Waals surface area contributed by atoms with Crippen molar-refractivity contribution in [1.29, 1.82) is 0 Å². The molecule has 0 unspecified atom stereocenters. The summed E-state index contributed by atoms with van der Waals surface area (Å²) in [4.78, 5) is 12.0. The number of aromatic hydroxyl groups is 1. The van der Waals surface area contributed by atoms with Crippen molar-refractivity contribution >= 4 is 70.4 Å². The minimum atomic E-state index is -3.82. The normalized spacial score (nSPS) is 13.9. The number of nitrogens with one attached hydrogen (secondary N) is 1. The van der Waals surface area contributed by atoms with E-state index in [1.165, 1.54) is 6.08 Å². The molecule has 0 aliphatic heterocycles. The van der Waals surface area contributed by atoms with E-state index in [2.05, 4.69) is 19.9 Å². The van der Waals surface area contributed by atoms with Crippen molar-refractivity contribution in [3.05, 3.63) is 46.0 Å². The van der Waals surface area contributed by atoms with Crippen LogP contribution in [0, 0.1) is 6.92 Å². The number of fused-ring (bicyclic) bond motifs is 2. The molecule has 0 atom stereocenters. The van der Waals surface area contributed by atoms with Gasteiger partial charge < -0.3 is 10.4 Å². The summed E-state index contributed by atoms with van der Waals surface area (Å²) in [5.74, 6) is -0.286. The van der Waals surface area contributed by atoms with Gasteiger partial charge in [-0.1, -0.05) is 25.1 Å². The largest absolute Gasteiger partial charge is 0.505 e. The minimum absolute atomic E-state index is 0.0421. The van der Waals surface area contributed by atoms with Crippen LogP contribution in [-0.2, 0) is 20.3 Å². The van der Waals surface area contributed by atoms with Gasteiger partial charge in [0.25, 0.3) is 9.05 Å². The topological polar surface area (TPSA) is 121 Å². The number of carbonyl (C=O) groups is 1. The van der Waals surface area contributed by atoms with Gasteiger partial charge in [0, 0.05) is 33.4 Å².